The Kier molecular flexibility index (Phi) is 4.71. The fourth-order valence-electron chi connectivity index (χ4n) is 3.70. The molecule has 1 N–H and O–H groups in total. The fraction of sp³-hybridized carbons (Fsp3) is 0.174. The van der Waals surface area contributed by atoms with Gasteiger partial charge in [-0.05, 0) is 48.9 Å². The van der Waals surface area contributed by atoms with E-state index in [4.69, 9.17) is 21.1 Å². The van der Waals surface area contributed by atoms with Crippen LogP contribution in [-0.4, -0.2) is 22.6 Å². The molecule has 0 saturated heterocycles. The number of imidazole rings is 1. The highest BCUT2D eigenvalue weighted by molar-refractivity contribution is 6.33. The van der Waals surface area contributed by atoms with Gasteiger partial charge in [0.05, 0.1) is 10.6 Å². The van der Waals surface area contributed by atoms with Gasteiger partial charge in [-0.3, -0.25) is 4.40 Å². The smallest absolute Gasteiger partial charge is 0.161 e. The maximum atomic E-state index is 14.7. The minimum Gasteiger partial charge on any atom is -0.486 e. The Morgan fingerprint density at radius 3 is 2.70 bits per heavy atom. The summed E-state index contributed by atoms with van der Waals surface area (Å²) < 4.78 is 27.9. The van der Waals surface area contributed by atoms with Gasteiger partial charge in [0.2, 0.25) is 0 Å². The molecule has 0 unspecified atom stereocenters. The number of benzene rings is 2. The molecule has 2 aromatic carbocycles. The number of hydrogen-bond acceptors (Lipinski definition) is 4. The third kappa shape index (κ3) is 3.23. The van der Waals surface area contributed by atoms with Gasteiger partial charge in [-0.15, -0.1) is 0 Å². The highest BCUT2D eigenvalue weighted by atomic mass is 35.5. The number of nitrogens with one attached hydrogen (secondary N) is 1. The second-order valence-electron chi connectivity index (χ2n) is 7.10. The molecular weight excluding hydrogens is 405 g/mol. The molecule has 0 atom stereocenters. The van der Waals surface area contributed by atoms with Gasteiger partial charge >= 0.3 is 0 Å². The molecule has 0 spiro atoms. The molecule has 0 bridgehead atoms. The molecule has 5 nitrogen and oxygen atoms in total. The molecule has 5 rings (SSSR count). The number of pyridine rings is 1. The molecular formula is C23H19ClFN3O2. The molecule has 0 amide bonds. The first-order chi connectivity index (χ1) is 14.6. The van der Waals surface area contributed by atoms with Crippen molar-refractivity contribution in [2.24, 2.45) is 0 Å². The number of ether oxygens (including phenoxy) is 2. The maximum Gasteiger partial charge on any atom is 0.161 e. The number of aromatic nitrogens is 2. The highest BCUT2D eigenvalue weighted by Crippen LogP contribution is 2.37. The van der Waals surface area contributed by atoms with Gasteiger partial charge < -0.3 is 14.8 Å². The SMILES string of the molecule is Cc1cccc2nc(-c3c(F)cccc3Cl)c(NCc3ccc4c(c3)OCCO4)n12. The summed E-state index contributed by atoms with van der Waals surface area (Å²) in [6, 6.07) is 16.3. The molecule has 1 aliphatic rings. The number of hydrogen-bond donors (Lipinski definition) is 1. The van der Waals surface area contributed by atoms with E-state index in [9.17, 15) is 4.39 Å². The number of rotatable bonds is 4. The Morgan fingerprint density at radius 1 is 1.07 bits per heavy atom. The van der Waals surface area contributed by atoms with E-state index in [0.29, 0.717) is 41.9 Å². The van der Waals surface area contributed by atoms with Gasteiger partial charge in [-0.1, -0.05) is 29.8 Å². The van der Waals surface area contributed by atoms with E-state index >= 15 is 0 Å². The average Bonchev–Trinajstić information content (AvgIpc) is 3.11. The zero-order valence-electron chi connectivity index (χ0n) is 16.3. The molecule has 0 saturated carbocycles. The molecule has 152 valence electrons. The Hall–Kier alpha value is -3.25. The van der Waals surface area contributed by atoms with Gasteiger partial charge in [0, 0.05) is 12.2 Å². The largest absolute Gasteiger partial charge is 0.486 e. The van der Waals surface area contributed by atoms with Crippen LogP contribution in [0.1, 0.15) is 11.3 Å². The summed E-state index contributed by atoms with van der Waals surface area (Å²) in [5, 5.41) is 3.75. The maximum absolute atomic E-state index is 14.7. The fourth-order valence-corrected chi connectivity index (χ4v) is 3.95. The Morgan fingerprint density at radius 2 is 1.87 bits per heavy atom. The van der Waals surface area contributed by atoms with E-state index in [-0.39, 0.29) is 5.56 Å². The van der Waals surface area contributed by atoms with Crippen LogP contribution in [0, 0.1) is 12.7 Å². The third-order valence-electron chi connectivity index (χ3n) is 5.10. The quantitative estimate of drug-likeness (QED) is 0.471. The monoisotopic (exact) mass is 423 g/mol. The van der Waals surface area contributed by atoms with Crippen molar-refractivity contribution in [3.05, 3.63) is 76.7 Å². The predicted molar refractivity (Wildman–Crippen MR) is 115 cm³/mol. The summed E-state index contributed by atoms with van der Waals surface area (Å²) in [6.07, 6.45) is 0. The van der Waals surface area contributed by atoms with E-state index in [1.165, 1.54) is 6.07 Å². The lowest BCUT2D eigenvalue weighted by molar-refractivity contribution is 0.171. The average molecular weight is 424 g/mol. The third-order valence-corrected chi connectivity index (χ3v) is 5.42. The van der Waals surface area contributed by atoms with Gasteiger partial charge in [0.25, 0.3) is 0 Å². The van der Waals surface area contributed by atoms with Crippen LogP contribution in [0.2, 0.25) is 5.02 Å². The molecule has 1 aliphatic heterocycles. The van der Waals surface area contributed by atoms with Crippen molar-refractivity contribution in [1.29, 1.82) is 0 Å². The second-order valence-corrected chi connectivity index (χ2v) is 7.51. The van der Waals surface area contributed by atoms with E-state index in [2.05, 4.69) is 10.3 Å². The molecule has 0 fully saturated rings. The number of anilines is 1. The minimum absolute atomic E-state index is 0.284. The standard InChI is InChI=1S/C23H19ClFN3O2/c1-14-4-2-7-20-27-22(21-16(24)5-3-6-17(21)25)23(28(14)20)26-13-15-8-9-18-19(12-15)30-11-10-29-18/h2-9,12,26H,10-11,13H2,1H3. The Balaban J connectivity index is 1.58. The van der Waals surface area contributed by atoms with Crippen molar-refractivity contribution < 1.29 is 13.9 Å². The molecule has 2 aromatic heterocycles. The van der Waals surface area contributed by atoms with Crippen LogP contribution in [0.25, 0.3) is 16.9 Å². The van der Waals surface area contributed by atoms with Gasteiger partial charge in [0.1, 0.15) is 36.2 Å². The summed E-state index contributed by atoms with van der Waals surface area (Å²) in [6.45, 7) is 3.57. The van der Waals surface area contributed by atoms with Crippen molar-refractivity contribution in [1.82, 2.24) is 9.38 Å². The molecule has 4 aromatic rings. The van der Waals surface area contributed by atoms with Crippen LogP contribution in [0.5, 0.6) is 11.5 Å². The van der Waals surface area contributed by atoms with Crippen LogP contribution < -0.4 is 14.8 Å². The van der Waals surface area contributed by atoms with E-state index in [1.54, 1.807) is 12.1 Å². The molecule has 3 heterocycles. The zero-order valence-corrected chi connectivity index (χ0v) is 17.0. The van der Waals surface area contributed by atoms with Gasteiger partial charge in [-0.2, -0.15) is 0 Å². The molecule has 0 aliphatic carbocycles. The lowest BCUT2D eigenvalue weighted by atomic mass is 10.1. The number of fused-ring (bicyclic) bond motifs is 2. The van der Waals surface area contributed by atoms with E-state index in [1.807, 2.05) is 47.7 Å². The summed E-state index contributed by atoms with van der Waals surface area (Å²) >= 11 is 6.35. The van der Waals surface area contributed by atoms with Crippen molar-refractivity contribution >= 4 is 23.1 Å². The highest BCUT2D eigenvalue weighted by Gasteiger charge is 2.21. The summed E-state index contributed by atoms with van der Waals surface area (Å²) in [5.41, 5.74) is 3.46. The Bertz CT molecular complexity index is 1230. The van der Waals surface area contributed by atoms with Crippen LogP contribution in [-0.2, 0) is 6.54 Å². The van der Waals surface area contributed by atoms with E-state index < -0.39 is 5.82 Å². The number of halogens is 2. The van der Waals surface area contributed by atoms with Crippen LogP contribution in [0.3, 0.4) is 0 Å². The topological polar surface area (TPSA) is 47.8 Å². The molecule has 30 heavy (non-hydrogen) atoms. The van der Waals surface area contributed by atoms with Crippen molar-refractivity contribution in [3.63, 3.8) is 0 Å². The number of aryl methyl sites for hydroxylation is 1. The van der Waals surface area contributed by atoms with Crippen LogP contribution in [0.4, 0.5) is 10.2 Å². The summed E-state index contributed by atoms with van der Waals surface area (Å²) in [7, 11) is 0. The van der Waals surface area contributed by atoms with E-state index in [0.717, 1.165) is 22.8 Å². The normalized spacial score (nSPS) is 12.9. The molecule has 0 radical (unpaired) electrons. The Labute approximate surface area is 178 Å². The predicted octanol–water partition coefficient (Wildman–Crippen LogP) is 5.49. The lowest BCUT2D eigenvalue weighted by Crippen LogP contribution is -2.15. The summed E-state index contributed by atoms with van der Waals surface area (Å²) in [5.74, 6) is 1.75. The minimum atomic E-state index is -0.411. The summed E-state index contributed by atoms with van der Waals surface area (Å²) in [4.78, 5) is 4.68. The molecule has 7 heteroatoms. The first-order valence-electron chi connectivity index (χ1n) is 9.66. The van der Waals surface area contributed by atoms with Gasteiger partial charge in [0.15, 0.2) is 11.5 Å². The first-order valence-corrected chi connectivity index (χ1v) is 10.0. The van der Waals surface area contributed by atoms with Crippen molar-refractivity contribution in [2.75, 3.05) is 18.5 Å². The van der Waals surface area contributed by atoms with Crippen molar-refractivity contribution in [2.45, 2.75) is 13.5 Å². The number of nitrogens with zero attached hydrogens (tertiary/aromatic N) is 2. The van der Waals surface area contributed by atoms with Gasteiger partial charge in [-0.25, -0.2) is 9.37 Å². The van der Waals surface area contributed by atoms with Crippen molar-refractivity contribution in [3.8, 4) is 22.8 Å². The van der Waals surface area contributed by atoms with Crippen LogP contribution >= 0.6 is 11.6 Å². The zero-order chi connectivity index (χ0) is 20.7. The van der Waals surface area contributed by atoms with Crippen LogP contribution in [0.15, 0.2) is 54.6 Å². The lowest BCUT2D eigenvalue weighted by Gasteiger charge is -2.19. The second kappa shape index (κ2) is 7.54. The first kappa shape index (κ1) is 18.8.